The van der Waals surface area contributed by atoms with Gasteiger partial charge in [-0.2, -0.15) is 10.5 Å². The molecule has 6 rings (SSSR count). The van der Waals surface area contributed by atoms with Gasteiger partial charge in [-0.15, -0.1) is 0 Å². The summed E-state index contributed by atoms with van der Waals surface area (Å²) in [5.74, 6) is 0. The van der Waals surface area contributed by atoms with E-state index >= 15 is 0 Å². The lowest BCUT2D eigenvalue weighted by molar-refractivity contribution is 1.14. The van der Waals surface area contributed by atoms with Crippen molar-refractivity contribution in [2.24, 2.45) is 0 Å². The van der Waals surface area contributed by atoms with Crippen LogP contribution in [-0.2, 0) is 6.42 Å². The normalized spacial score (nSPS) is 10.5. The highest BCUT2D eigenvalue weighted by atomic mass is 14.7. The summed E-state index contributed by atoms with van der Waals surface area (Å²) in [5.41, 5.74) is 12.3. The molecular weight excluding hydrogens is 512 g/mol. The molecule has 2 aromatic heterocycles. The van der Waals surface area contributed by atoms with Crippen LogP contribution in [-0.4, -0.2) is 9.97 Å². The Morgan fingerprint density at radius 3 is 1.38 bits per heavy atom. The molecule has 42 heavy (non-hydrogen) atoms. The van der Waals surface area contributed by atoms with Crippen molar-refractivity contribution in [3.8, 4) is 68.0 Å². The van der Waals surface area contributed by atoms with Gasteiger partial charge in [-0.25, -0.2) is 0 Å². The summed E-state index contributed by atoms with van der Waals surface area (Å²) in [6.07, 6.45) is 4.41. The van der Waals surface area contributed by atoms with Gasteiger partial charge in [-0.1, -0.05) is 73.7 Å². The zero-order valence-corrected chi connectivity index (χ0v) is 23.1. The van der Waals surface area contributed by atoms with Gasteiger partial charge < -0.3 is 0 Å². The lowest BCUT2D eigenvalue weighted by Gasteiger charge is -2.27. The smallest absolute Gasteiger partial charge is 0.0991 e. The maximum atomic E-state index is 9.57. The summed E-state index contributed by atoms with van der Waals surface area (Å²) in [4.78, 5) is 9.75. The van der Waals surface area contributed by atoms with E-state index in [0.717, 1.165) is 67.9 Å². The van der Waals surface area contributed by atoms with E-state index < -0.39 is 0 Å². The molecule has 0 unspecified atom stereocenters. The van der Waals surface area contributed by atoms with Crippen molar-refractivity contribution < 1.29 is 0 Å². The van der Waals surface area contributed by atoms with E-state index in [2.05, 4.69) is 55.5 Å². The fourth-order valence-electron chi connectivity index (χ4n) is 5.64. The van der Waals surface area contributed by atoms with Crippen molar-refractivity contribution in [2.75, 3.05) is 0 Å². The molecule has 0 radical (unpaired) electrons. The molecule has 0 atom stereocenters. The molecule has 6 aromatic rings. The number of aromatic nitrogens is 2. The molecule has 0 bridgehead atoms. The number of benzene rings is 4. The van der Waals surface area contributed by atoms with Crippen LogP contribution in [0.1, 0.15) is 23.6 Å². The van der Waals surface area contributed by atoms with Crippen molar-refractivity contribution in [3.63, 3.8) is 0 Å². The lowest BCUT2D eigenvalue weighted by atomic mass is 9.76. The Kier molecular flexibility index (Phi) is 7.36. The number of hydrogen-bond acceptors (Lipinski definition) is 4. The van der Waals surface area contributed by atoms with Crippen LogP contribution in [0.4, 0.5) is 0 Å². The number of nitrogens with zero attached hydrogens (tertiary/aromatic N) is 4. The van der Waals surface area contributed by atoms with E-state index in [9.17, 15) is 10.5 Å². The molecule has 0 aliphatic rings. The highest BCUT2D eigenvalue weighted by Crippen LogP contribution is 2.52. The Morgan fingerprint density at radius 2 is 0.929 bits per heavy atom. The predicted molar refractivity (Wildman–Crippen MR) is 168 cm³/mol. The molecule has 0 saturated heterocycles. The van der Waals surface area contributed by atoms with E-state index in [1.54, 1.807) is 0 Å². The molecule has 0 saturated carbocycles. The highest BCUT2D eigenvalue weighted by molar-refractivity contribution is 6.08. The minimum atomic E-state index is 0.594. The van der Waals surface area contributed by atoms with Crippen LogP contribution >= 0.6 is 0 Å². The second-order valence-electron chi connectivity index (χ2n) is 9.88. The van der Waals surface area contributed by atoms with Crippen LogP contribution in [0.5, 0.6) is 0 Å². The van der Waals surface area contributed by atoms with Crippen LogP contribution in [0.2, 0.25) is 0 Å². The Bertz CT molecular complexity index is 1930. The van der Waals surface area contributed by atoms with Crippen LogP contribution < -0.4 is 0 Å². The van der Waals surface area contributed by atoms with Crippen LogP contribution in [0.3, 0.4) is 0 Å². The molecule has 198 valence electrons. The average molecular weight is 539 g/mol. The Morgan fingerprint density at radius 1 is 0.476 bits per heavy atom. The van der Waals surface area contributed by atoms with Gasteiger partial charge in [0, 0.05) is 29.1 Å². The predicted octanol–water partition coefficient (Wildman–Crippen LogP) is 9.12. The summed E-state index contributed by atoms with van der Waals surface area (Å²) >= 11 is 0. The molecule has 0 aliphatic carbocycles. The third-order valence-electron chi connectivity index (χ3n) is 7.47. The summed E-state index contributed by atoms with van der Waals surface area (Å²) in [5, 5.41) is 19.1. The summed E-state index contributed by atoms with van der Waals surface area (Å²) in [6.45, 7) is 2.18. The fourth-order valence-corrected chi connectivity index (χ4v) is 5.64. The first kappa shape index (κ1) is 26.4. The zero-order valence-electron chi connectivity index (χ0n) is 23.1. The molecule has 0 N–H and O–H groups in total. The van der Waals surface area contributed by atoms with Gasteiger partial charge in [0.05, 0.1) is 34.7 Å². The summed E-state index contributed by atoms with van der Waals surface area (Å²) in [6, 6.07) is 42.4. The van der Waals surface area contributed by atoms with Crippen LogP contribution in [0.25, 0.3) is 55.9 Å². The molecule has 4 aromatic carbocycles. The third kappa shape index (κ3) is 4.83. The zero-order chi connectivity index (χ0) is 28.9. The monoisotopic (exact) mass is 538 g/mol. The van der Waals surface area contributed by atoms with Crippen molar-refractivity contribution in [3.05, 3.63) is 144 Å². The second-order valence-corrected chi connectivity index (χ2v) is 9.88. The molecule has 0 amide bonds. The topological polar surface area (TPSA) is 73.4 Å². The first-order chi connectivity index (χ1) is 20.7. The number of pyridine rings is 2. The van der Waals surface area contributed by atoms with Gasteiger partial charge in [-0.3, -0.25) is 9.97 Å². The first-order valence-electron chi connectivity index (χ1n) is 13.9. The van der Waals surface area contributed by atoms with Crippen LogP contribution in [0, 0.1) is 22.7 Å². The number of nitriles is 2. The van der Waals surface area contributed by atoms with Gasteiger partial charge in [-0.05, 0) is 88.3 Å². The first-order valence-corrected chi connectivity index (χ1v) is 13.9. The van der Waals surface area contributed by atoms with Gasteiger partial charge in [0.25, 0.3) is 0 Å². The van der Waals surface area contributed by atoms with E-state index in [1.807, 2.05) is 91.3 Å². The molecule has 2 heterocycles. The van der Waals surface area contributed by atoms with Gasteiger partial charge in [0.15, 0.2) is 0 Å². The van der Waals surface area contributed by atoms with E-state index in [1.165, 1.54) is 0 Å². The largest absolute Gasteiger partial charge is 0.256 e. The summed E-state index contributed by atoms with van der Waals surface area (Å²) < 4.78 is 0. The van der Waals surface area contributed by atoms with Crippen molar-refractivity contribution in [1.82, 2.24) is 9.97 Å². The SMILES string of the molecule is CCc1c(-c2ccccc2)c(-c2ccccn2)c(-c2ccc(C#N)cc2)c(-c2ccc(C#N)cc2)c1-c1ccccn1. The number of rotatable bonds is 6. The minimum absolute atomic E-state index is 0.594. The number of hydrogen-bond donors (Lipinski definition) is 0. The van der Waals surface area contributed by atoms with E-state index in [4.69, 9.17) is 9.97 Å². The van der Waals surface area contributed by atoms with Gasteiger partial charge in [0.1, 0.15) is 0 Å². The molecule has 4 heteroatoms. The van der Waals surface area contributed by atoms with Crippen molar-refractivity contribution in [1.29, 1.82) is 10.5 Å². The fraction of sp³-hybridized carbons (Fsp3) is 0.0526. The molecule has 4 nitrogen and oxygen atoms in total. The molecule has 0 fully saturated rings. The standard InChI is InChI=1S/C38H26N4/c1-2-31-34(28-10-4-3-5-11-28)38(33-13-7-9-23-42-33)36(30-20-16-27(25-40)17-21-30)35(29-18-14-26(24-39)15-19-29)37(31)32-12-6-8-22-41-32/h3-23H,2H2,1H3. The third-order valence-corrected chi connectivity index (χ3v) is 7.47. The Labute approximate surface area is 245 Å². The van der Waals surface area contributed by atoms with Gasteiger partial charge in [0.2, 0.25) is 0 Å². The quantitative estimate of drug-likeness (QED) is 0.212. The van der Waals surface area contributed by atoms with Crippen molar-refractivity contribution in [2.45, 2.75) is 13.3 Å². The van der Waals surface area contributed by atoms with E-state index in [0.29, 0.717) is 11.1 Å². The van der Waals surface area contributed by atoms with Crippen molar-refractivity contribution >= 4 is 0 Å². The Hall–Kier alpha value is -5.84. The van der Waals surface area contributed by atoms with E-state index in [-0.39, 0.29) is 0 Å². The Balaban J connectivity index is 1.89. The maximum absolute atomic E-state index is 9.57. The molecule has 0 aliphatic heterocycles. The highest BCUT2D eigenvalue weighted by Gasteiger charge is 2.28. The van der Waals surface area contributed by atoms with Gasteiger partial charge >= 0.3 is 0 Å². The minimum Gasteiger partial charge on any atom is -0.256 e. The average Bonchev–Trinajstić information content (AvgIpc) is 3.08. The molecular formula is C38H26N4. The lowest BCUT2D eigenvalue weighted by Crippen LogP contribution is -2.05. The van der Waals surface area contributed by atoms with Crippen LogP contribution in [0.15, 0.2) is 128 Å². The maximum Gasteiger partial charge on any atom is 0.0991 e. The molecule has 0 spiro atoms. The second kappa shape index (κ2) is 11.7. The summed E-state index contributed by atoms with van der Waals surface area (Å²) in [7, 11) is 0.